The zero-order valence-corrected chi connectivity index (χ0v) is 21.2. The summed E-state index contributed by atoms with van der Waals surface area (Å²) in [5.74, 6) is 1.19. The molecular formula is C28H33N7O3. The smallest absolute Gasteiger partial charge is 0.306 e. The number of aliphatic carboxylic acids is 1. The van der Waals surface area contributed by atoms with Crippen molar-refractivity contribution in [2.45, 2.75) is 62.4 Å². The van der Waals surface area contributed by atoms with Crippen molar-refractivity contribution in [1.29, 1.82) is 0 Å². The Morgan fingerprint density at radius 2 is 1.66 bits per heavy atom. The minimum absolute atomic E-state index is 0.163. The van der Waals surface area contributed by atoms with Gasteiger partial charge in [-0.05, 0) is 68.2 Å². The van der Waals surface area contributed by atoms with Crippen LogP contribution < -0.4 is 16.0 Å². The number of rotatable bonds is 5. The molecule has 2 aliphatic heterocycles. The first kappa shape index (κ1) is 24.5. The summed E-state index contributed by atoms with van der Waals surface area (Å²) in [5.41, 5.74) is 9.45. The van der Waals surface area contributed by atoms with Crippen LogP contribution in [0.15, 0.2) is 42.7 Å². The maximum atomic E-state index is 11.2. The Labute approximate surface area is 221 Å². The summed E-state index contributed by atoms with van der Waals surface area (Å²) in [6.07, 6.45) is 8.99. The number of piperazine rings is 1. The van der Waals surface area contributed by atoms with E-state index >= 15 is 0 Å². The number of para-hydroxylation sites is 1. The lowest BCUT2D eigenvalue weighted by Gasteiger charge is -2.46. The number of carboxylic acids is 1. The SMILES string of the molecule is Nc1nnc(-c2ccccc2O)cc1N1CC2CC(c3ncc([C@H]4CC[C@H](C(=O)O)CC4)cn3)CC(C1)N2. The van der Waals surface area contributed by atoms with Crippen LogP contribution >= 0.6 is 0 Å². The maximum absolute atomic E-state index is 11.2. The number of anilines is 2. The Balaban J connectivity index is 1.12. The van der Waals surface area contributed by atoms with Gasteiger partial charge in [-0.3, -0.25) is 4.79 Å². The summed E-state index contributed by atoms with van der Waals surface area (Å²) >= 11 is 0. The second-order valence-electron chi connectivity index (χ2n) is 10.9. The number of piperidine rings is 1. The number of fused-ring (bicyclic) bond motifs is 2. The monoisotopic (exact) mass is 515 g/mol. The first-order chi connectivity index (χ1) is 18.4. The number of hydrogen-bond donors (Lipinski definition) is 4. The van der Waals surface area contributed by atoms with Gasteiger partial charge in [0, 0.05) is 49.0 Å². The number of phenols is 1. The lowest BCUT2D eigenvalue weighted by molar-refractivity contribution is -0.142. The van der Waals surface area contributed by atoms with Gasteiger partial charge in [-0.15, -0.1) is 10.2 Å². The van der Waals surface area contributed by atoms with Crippen molar-refractivity contribution in [3.63, 3.8) is 0 Å². The Morgan fingerprint density at radius 3 is 2.32 bits per heavy atom. The molecule has 0 radical (unpaired) electrons. The average Bonchev–Trinajstić information content (AvgIpc) is 2.93. The predicted octanol–water partition coefficient (Wildman–Crippen LogP) is 3.30. The maximum Gasteiger partial charge on any atom is 0.306 e. The summed E-state index contributed by atoms with van der Waals surface area (Å²) in [4.78, 5) is 23.1. The molecule has 3 fully saturated rings. The fourth-order valence-corrected chi connectivity index (χ4v) is 6.43. The molecule has 1 aromatic carbocycles. The molecule has 1 aliphatic carbocycles. The van der Waals surface area contributed by atoms with Gasteiger partial charge in [0.2, 0.25) is 0 Å². The normalized spacial score (nSPS) is 27.2. The second-order valence-corrected chi connectivity index (χ2v) is 10.9. The Morgan fingerprint density at radius 1 is 0.974 bits per heavy atom. The number of aromatic hydroxyl groups is 1. The third-order valence-electron chi connectivity index (χ3n) is 8.42. The zero-order chi connectivity index (χ0) is 26.2. The van der Waals surface area contributed by atoms with Gasteiger partial charge < -0.3 is 26.2 Å². The number of nitrogens with one attached hydrogen (secondary N) is 1. The fourth-order valence-electron chi connectivity index (χ4n) is 6.43. The van der Waals surface area contributed by atoms with Crippen molar-refractivity contribution in [2.75, 3.05) is 23.7 Å². The zero-order valence-electron chi connectivity index (χ0n) is 21.2. The largest absolute Gasteiger partial charge is 0.507 e. The number of carboxylic acid groups (broad SMARTS) is 1. The van der Waals surface area contributed by atoms with E-state index < -0.39 is 5.97 Å². The summed E-state index contributed by atoms with van der Waals surface area (Å²) in [7, 11) is 0. The van der Waals surface area contributed by atoms with Crippen LogP contribution in [-0.4, -0.2) is 61.5 Å². The highest BCUT2D eigenvalue weighted by Crippen LogP contribution is 2.38. The van der Waals surface area contributed by atoms with Gasteiger partial charge in [0.1, 0.15) is 11.6 Å². The molecule has 2 aromatic heterocycles. The highest BCUT2D eigenvalue weighted by molar-refractivity contribution is 5.74. The third-order valence-corrected chi connectivity index (χ3v) is 8.42. The van der Waals surface area contributed by atoms with Gasteiger partial charge in [-0.2, -0.15) is 0 Å². The molecule has 0 amide bonds. The van der Waals surface area contributed by atoms with Gasteiger partial charge in [-0.1, -0.05) is 12.1 Å². The highest BCUT2D eigenvalue weighted by Gasteiger charge is 2.37. The fraction of sp³-hybridized carbons (Fsp3) is 0.464. The topological polar surface area (TPSA) is 150 Å². The minimum atomic E-state index is -0.677. The molecule has 198 valence electrons. The van der Waals surface area contributed by atoms with E-state index in [9.17, 15) is 15.0 Å². The number of nitrogens with zero attached hydrogens (tertiary/aromatic N) is 5. The molecule has 2 saturated heterocycles. The molecule has 3 aromatic rings. The molecule has 2 bridgehead atoms. The molecule has 0 spiro atoms. The molecule has 6 rings (SSSR count). The first-order valence-corrected chi connectivity index (χ1v) is 13.4. The number of nitrogen functional groups attached to an aromatic ring is 1. The summed E-state index contributed by atoms with van der Waals surface area (Å²) in [5, 5.41) is 31.7. The van der Waals surface area contributed by atoms with Crippen LogP contribution in [0.4, 0.5) is 11.5 Å². The first-order valence-electron chi connectivity index (χ1n) is 13.4. The van der Waals surface area contributed by atoms with Crippen LogP contribution in [0.2, 0.25) is 0 Å². The highest BCUT2D eigenvalue weighted by atomic mass is 16.4. The molecule has 2 atom stereocenters. The van der Waals surface area contributed by atoms with Crippen LogP contribution in [0, 0.1) is 5.92 Å². The van der Waals surface area contributed by atoms with Gasteiger partial charge in [0.05, 0.1) is 17.3 Å². The molecule has 38 heavy (non-hydrogen) atoms. The lowest BCUT2D eigenvalue weighted by Crippen LogP contribution is -2.60. The number of carbonyl (C=O) groups is 1. The Hall–Kier alpha value is -3.79. The van der Waals surface area contributed by atoms with Crippen molar-refractivity contribution in [3.8, 4) is 17.0 Å². The van der Waals surface area contributed by atoms with E-state index in [1.165, 1.54) is 0 Å². The molecule has 1 saturated carbocycles. The van der Waals surface area contributed by atoms with Gasteiger partial charge >= 0.3 is 5.97 Å². The second kappa shape index (κ2) is 10.2. The van der Waals surface area contributed by atoms with Crippen molar-refractivity contribution in [3.05, 3.63) is 54.1 Å². The van der Waals surface area contributed by atoms with E-state index in [4.69, 9.17) is 15.7 Å². The molecule has 2 unspecified atom stereocenters. The predicted molar refractivity (Wildman–Crippen MR) is 143 cm³/mol. The average molecular weight is 516 g/mol. The number of benzene rings is 1. The van der Waals surface area contributed by atoms with Crippen LogP contribution in [0.3, 0.4) is 0 Å². The summed E-state index contributed by atoms with van der Waals surface area (Å²) in [6, 6.07) is 9.56. The number of nitrogens with two attached hydrogens (primary N) is 1. The summed E-state index contributed by atoms with van der Waals surface area (Å²) < 4.78 is 0. The quantitative estimate of drug-likeness (QED) is 0.398. The molecule has 4 heterocycles. The Kier molecular flexibility index (Phi) is 6.57. The van der Waals surface area contributed by atoms with Crippen LogP contribution in [-0.2, 0) is 4.79 Å². The molecule has 10 heteroatoms. The van der Waals surface area contributed by atoms with Crippen molar-refractivity contribution in [1.82, 2.24) is 25.5 Å². The van der Waals surface area contributed by atoms with Crippen molar-refractivity contribution in [2.24, 2.45) is 5.92 Å². The molecule has 10 nitrogen and oxygen atoms in total. The van der Waals surface area contributed by atoms with E-state index in [2.05, 4.69) is 20.4 Å². The van der Waals surface area contributed by atoms with Crippen LogP contribution in [0.1, 0.15) is 61.7 Å². The van der Waals surface area contributed by atoms with Gasteiger partial charge in [0.15, 0.2) is 5.82 Å². The number of phenolic OH excluding ortho intramolecular Hbond substituents is 1. The third kappa shape index (κ3) is 4.88. The van der Waals surface area contributed by atoms with Crippen molar-refractivity contribution >= 4 is 17.5 Å². The van der Waals surface area contributed by atoms with E-state index in [1.54, 1.807) is 12.1 Å². The van der Waals surface area contributed by atoms with Gasteiger partial charge in [-0.25, -0.2) is 9.97 Å². The standard InChI is InChI=1S/C28H33N7O3/c29-26-24(11-23(33-34-26)22-3-1-2-4-25(22)36)35-14-20-9-18(10-21(15-35)32-20)27-30-12-19(13-31-27)16-5-7-17(8-6-16)28(37)38/h1-4,11-13,16-18,20-21,32,36H,5-10,14-15H2,(H2,29,34)(H,37,38)/t16-,17-,18?,20?,21?. The number of aromatic nitrogens is 4. The molecule has 3 aliphatic rings. The van der Waals surface area contributed by atoms with E-state index in [0.29, 0.717) is 23.0 Å². The van der Waals surface area contributed by atoms with Gasteiger partial charge in [0.25, 0.3) is 0 Å². The van der Waals surface area contributed by atoms with E-state index in [-0.39, 0.29) is 29.7 Å². The van der Waals surface area contributed by atoms with Crippen molar-refractivity contribution < 1.29 is 15.0 Å². The minimum Gasteiger partial charge on any atom is -0.507 e. The van der Waals surface area contributed by atoms with Crippen LogP contribution in [0.5, 0.6) is 5.75 Å². The molecular weight excluding hydrogens is 482 g/mol. The van der Waals surface area contributed by atoms with Crippen LogP contribution in [0.25, 0.3) is 11.3 Å². The van der Waals surface area contributed by atoms with E-state index in [0.717, 1.165) is 68.7 Å². The number of hydrogen-bond acceptors (Lipinski definition) is 9. The summed E-state index contributed by atoms with van der Waals surface area (Å²) in [6.45, 7) is 1.57. The lowest BCUT2D eigenvalue weighted by atomic mass is 9.79. The Bertz CT molecular complexity index is 1300. The van der Waals surface area contributed by atoms with E-state index in [1.807, 2.05) is 30.6 Å². The molecule has 5 N–H and O–H groups in total.